The number of hydrogen-bond acceptors (Lipinski definition) is 4. The Morgan fingerprint density at radius 2 is 1.74 bits per heavy atom. The Bertz CT molecular complexity index is 1120. The molecule has 0 spiro atoms. The predicted molar refractivity (Wildman–Crippen MR) is 108 cm³/mol. The molecule has 2 aromatic carbocycles. The summed E-state index contributed by atoms with van der Waals surface area (Å²) in [6, 6.07) is 15.9. The van der Waals surface area contributed by atoms with E-state index in [1.807, 2.05) is 35.6 Å². The number of rotatable bonds is 3. The van der Waals surface area contributed by atoms with Crippen LogP contribution in [0.15, 0.2) is 53.3 Å². The zero-order valence-electron chi connectivity index (χ0n) is 14.9. The molecule has 5 nitrogen and oxygen atoms in total. The molecule has 0 unspecified atom stereocenters. The maximum atomic E-state index is 12.3. The van der Waals surface area contributed by atoms with Crippen LogP contribution >= 0.6 is 11.3 Å². The van der Waals surface area contributed by atoms with Gasteiger partial charge in [0, 0.05) is 18.8 Å². The molecule has 6 heteroatoms. The Hall–Kier alpha value is -2.57. The first kappa shape index (κ1) is 16.6. The van der Waals surface area contributed by atoms with Crippen molar-refractivity contribution in [3.8, 4) is 0 Å². The molecule has 4 aromatic rings. The van der Waals surface area contributed by atoms with E-state index < -0.39 is 0 Å². The molecule has 2 aromatic heterocycles. The fraction of sp³-hybridized carbons (Fsp3) is 0.286. The number of H-pyrrole nitrogens is 1. The third kappa shape index (κ3) is 3.26. The van der Waals surface area contributed by atoms with Crippen LogP contribution in [0.2, 0.25) is 0 Å². The summed E-state index contributed by atoms with van der Waals surface area (Å²) in [6.07, 6.45) is 2.26. The lowest BCUT2D eigenvalue weighted by Gasteiger charge is -2.27. The summed E-state index contributed by atoms with van der Waals surface area (Å²) in [7, 11) is 0. The molecule has 1 aliphatic heterocycles. The van der Waals surface area contributed by atoms with Crippen molar-refractivity contribution in [2.75, 3.05) is 13.1 Å². The van der Waals surface area contributed by atoms with Gasteiger partial charge >= 0.3 is 0 Å². The van der Waals surface area contributed by atoms with Crippen LogP contribution in [-0.2, 0) is 6.54 Å². The van der Waals surface area contributed by atoms with Gasteiger partial charge in [0.05, 0.1) is 39.2 Å². The van der Waals surface area contributed by atoms with Gasteiger partial charge in [0.25, 0.3) is 5.56 Å². The minimum Gasteiger partial charge on any atom is -0.329 e. The van der Waals surface area contributed by atoms with Crippen LogP contribution in [0.4, 0.5) is 0 Å². The molecule has 0 aliphatic carbocycles. The average Bonchev–Trinajstić information content (AvgIpc) is 3.13. The van der Waals surface area contributed by atoms with Crippen molar-refractivity contribution in [3.05, 3.63) is 69.7 Å². The molecule has 0 amide bonds. The Balaban J connectivity index is 1.29. The fourth-order valence-corrected chi connectivity index (χ4v) is 5.11. The predicted octanol–water partition coefficient (Wildman–Crippen LogP) is 2.50. The lowest BCUT2D eigenvalue weighted by molar-refractivity contribution is -0.919. The molecule has 136 valence electrons. The summed E-state index contributed by atoms with van der Waals surface area (Å²) >= 11 is 1.83. The summed E-state index contributed by atoms with van der Waals surface area (Å²) in [5.41, 5.74) is 1.85. The third-order valence-electron chi connectivity index (χ3n) is 5.43. The Kier molecular flexibility index (Phi) is 4.22. The first-order valence-electron chi connectivity index (χ1n) is 9.43. The smallest absolute Gasteiger partial charge is 0.258 e. The van der Waals surface area contributed by atoms with Gasteiger partial charge in [-0.2, -0.15) is 0 Å². The number of benzene rings is 2. The van der Waals surface area contributed by atoms with Gasteiger partial charge in [-0.1, -0.05) is 24.3 Å². The SMILES string of the molecule is O=c1[nH]c(C[NH+]2CCC(c3nc4ccccc4s3)CC2)nc2ccccc12. The van der Waals surface area contributed by atoms with Crippen molar-refractivity contribution in [1.29, 1.82) is 0 Å². The van der Waals surface area contributed by atoms with Crippen LogP contribution in [-0.4, -0.2) is 28.0 Å². The standard InChI is InChI=1S/C21H20N4OS/c26-20-15-5-1-2-6-16(15)22-19(24-20)13-25-11-9-14(10-12-25)21-23-17-7-3-4-8-18(17)27-21/h1-8,14H,9-13H2,(H,22,24,26)/p+1. The minimum atomic E-state index is -0.0423. The number of quaternary nitrogens is 1. The van der Waals surface area contributed by atoms with E-state index in [9.17, 15) is 4.79 Å². The van der Waals surface area contributed by atoms with Gasteiger partial charge in [-0.05, 0) is 24.3 Å². The van der Waals surface area contributed by atoms with Crippen LogP contribution in [0.25, 0.3) is 21.1 Å². The highest BCUT2D eigenvalue weighted by Gasteiger charge is 2.26. The highest BCUT2D eigenvalue weighted by Crippen LogP contribution is 2.31. The van der Waals surface area contributed by atoms with Crippen molar-refractivity contribution in [2.24, 2.45) is 0 Å². The molecule has 1 aliphatic rings. The molecule has 2 N–H and O–H groups in total. The average molecular weight is 377 g/mol. The van der Waals surface area contributed by atoms with Gasteiger partial charge in [0.15, 0.2) is 5.82 Å². The number of nitrogens with zero attached hydrogens (tertiary/aromatic N) is 2. The van der Waals surface area contributed by atoms with Gasteiger partial charge in [0.1, 0.15) is 6.54 Å². The highest BCUT2D eigenvalue weighted by atomic mass is 32.1. The van der Waals surface area contributed by atoms with Crippen molar-refractivity contribution < 1.29 is 4.90 Å². The summed E-state index contributed by atoms with van der Waals surface area (Å²) in [4.78, 5) is 26.2. The van der Waals surface area contributed by atoms with Gasteiger partial charge in [-0.15, -0.1) is 11.3 Å². The van der Waals surface area contributed by atoms with Gasteiger partial charge in [-0.3, -0.25) is 4.79 Å². The van der Waals surface area contributed by atoms with E-state index >= 15 is 0 Å². The second-order valence-corrected chi connectivity index (χ2v) is 8.31. The monoisotopic (exact) mass is 377 g/mol. The van der Waals surface area contributed by atoms with E-state index in [4.69, 9.17) is 4.98 Å². The fourth-order valence-electron chi connectivity index (χ4n) is 3.97. The number of hydrogen-bond donors (Lipinski definition) is 2. The first-order chi connectivity index (χ1) is 13.3. The number of fused-ring (bicyclic) bond motifs is 2. The molecule has 0 radical (unpaired) electrons. The Morgan fingerprint density at radius 3 is 2.56 bits per heavy atom. The maximum Gasteiger partial charge on any atom is 0.258 e. The molecule has 5 rings (SSSR count). The van der Waals surface area contributed by atoms with Crippen molar-refractivity contribution >= 4 is 32.5 Å². The van der Waals surface area contributed by atoms with Gasteiger partial charge in [-0.25, -0.2) is 9.97 Å². The number of piperidine rings is 1. The van der Waals surface area contributed by atoms with E-state index in [1.54, 1.807) is 0 Å². The van der Waals surface area contributed by atoms with Gasteiger partial charge in [0.2, 0.25) is 0 Å². The molecular formula is C21H21N4OS+. The summed E-state index contributed by atoms with van der Waals surface area (Å²) in [6.45, 7) is 2.93. The van der Waals surface area contributed by atoms with Crippen LogP contribution in [0.3, 0.4) is 0 Å². The van der Waals surface area contributed by atoms with Crippen LogP contribution < -0.4 is 10.5 Å². The van der Waals surface area contributed by atoms with Gasteiger partial charge < -0.3 is 9.88 Å². The van der Waals surface area contributed by atoms with E-state index in [0.717, 1.165) is 49.3 Å². The van der Waals surface area contributed by atoms with E-state index in [1.165, 1.54) is 14.6 Å². The topological polar surface area (TPSA) is 63.1 Å². The van der Waals surface area contributed by atoms with Crippen LogP contribution in [0.1, 0.15) is 29.6 Å². The lowest BCUT2D eigenvalue weighted by atomic mass is 9.97. The van der Waals surface area contributed by atoms with Crippen molar-refractivity contribution in [2.45, 2.75) is 25.3 Å². The zero-order chi connectivity index (χ0) is 18.2. The third-order valence-corrected chi connectivity index (χ3v) is 6.63. The lowest BCUT2D eigenvalue weighted by Crippen LogP contribution is -3.11. The van der Waals surface area contributed by atoms with Crippen LogP contribution in [0.5, 0.6) is 0 Å². The number of thiazole rings is 1. The molecule has 0 saturated carbocycles. The van der Waals surface area contributed by atoms with E-state index in [-0.39, 0.29) is 5.56 Å². The molecule has 3 heterocycles. The second kappa shape index (κ2) is 6.87. The number of aromatic amines is 1. The first-order valence-corrected chi connectivity index (χ1v) is 10.2. The van der Waals surface area contributed by atoms with Crippen molar-refractivity contribution in [1.82, 2.24) is 15.0 Å². The molecule has 1 saturated heterocycles. The maximum absolute atomic E-state index is 12.3. The van der Waals surface area contributed by atoms with E-state index in [2.05, 4.69) is 34.2 Å². The molecular weight excluding hydrogens is 356 g/mol. The summed E-state index contributed by atoms with van der Waals surface area (Å²) in [5.74, 6) is 1.34. The zero-order valence-corrected chi connectivity index (χ0v) is 15.8. The van der Waals surface area contributed by atoms with E-state index in [0.29, 0.717) is 11.3 Å². The van der Waals surface area contributed by atoms with Crippen LogP contribution in [0, 0.1) is 0 Å². The molecule has 27 heavy (non-hydrogen) atoms. The minimum absolute atomic E-state index is 0.0423. The highest BCUT2D eigenvalue weighted by molar-refractivity contribution is 7.18. The number of para-hydroxylation sites is 2. The number of likely N-dealkylation sites (tertiary alicyclic amines) is 1. The molecule has 0 bridgehead atoms. The second-order valence-electron chi connectivity index (χ2n) is 7.25. The summed E-state index contributed by atoms with van der Waals surface area (Å²) in [5, 5.41) is 1.93. The quantitative estimate of drug-likeness (QED) is 0.577. The Morgan fingerprint density at radius 1 is 1.00 bits per heavy atom. The van der Waals surface area contributed by atoms with Crippen molar-refractivity contribution in [3.63, 3.8) is 0 Å². The Labute approximate surface area is 160 Å². The summed E-state index contributed by atoms with van der Waals surface area (Å²) < 4.78 is 1.28. The number of nitrogens with one attached hydrogen (secondary N) is 2. The molecule has 1 fully saturated rings. The molecule has 0 atom stereocenters. The number of aromatic nitrogens is 3. The normalized spacial score (nSPS) is 20.3. The largest absolute Gasteiger partial charge is 0.329 e.